The van der Waals surface area contributed by atoms with Crippen molar-refractivity contribution in [3.8, 4) is 0 Å². The molecule has 1 saturated heterocycles. The molecule has 5 N–H and O–H groups in total. The van der Waals surface area contributed by atoms with E-state index in [0.29, 0.717) is 6.42 Å². The van der Waals surface area contributed by atoms with Crippen molar-refractivity contribution < 1.29 is 49.3 Å². The highest BCUT2D eigenvalue weighted by Crippen LogP contribution is 2.47. The minimum atomic E-state index is -1.58. The van der Waals surface area contributed by atoms with Crippen LogP contribution in [0.3, 0.4) is 0 Å². The van der Waals surface area contributed by atoms with E-state index in [2.05, 4.69) is 0 Å². The summed E-state index contributed by atoms with van der Waals surface area (Å²) >= 11 is 0. The molecule has 10 nitrogen and oxygen atoms in total. The summed E-state index contributed by atoms with van der Waals surface area (Å²) in [6.07, 6.45) is -7.31. The number of methoxy groups -OCH3 is 1. The first-order valence-corrected chi connectivity index (χ1v) is 8.88. The minimum absolute atomic E-state index is 0.0757. The van der Waals surface area contributed by atoms with Gasteiger partial charge in [0.15, 0.2) is 6.29 Å². The number of ether oxygens (including phenoxy) is 4. The van der Waals surface area contributed by atoms with Gasteiger partial charge in [0.25, 0.3) is 0 Å². The molecule has 1 aliphatic carbocycles. The summed E-state index contributed by atoms with van der Waals surface area (Å²) < 4.78 is 21.3. The van der Waals surface area contributed by atoms with Crippen molar-refractivity contribution in [3.05, 3.63) is 11.8 Å². The zero-order valence-electron chi connectivity index (χ0n) is 15.0. The lowest BCUT2D eigenvalue weighted by molar-refractivity contribution is -0.342. The molecule has 2 aliphatic heterocycles. The Hall–Kier alpha value is -1.27. The van der Waals surface area contributed by atoms with Crippen LogP contribution >= 0.6 is 0 Å². The Balaban J connectivity index is 1.80. The van der Waals surface area contributed by atoms with Gasteiger partial charge >= 0.3 is 5.97 Å². The second-order valence-corrected chi connectivity index (χ2v) is 7.29. The van der Waals surface area contributed by atoms with Crippen LogP contribution in [0.2, 0.25) is 0 Å². The van der Waals surface area contributed by atoms with E-state index in [1.165, 1.54) is 13.4 Å². The van der Waals surface area contributed by atoms with Crippen LogP contribution in [-0.4, -0.2) is 88.3 Å². The summed E-state index contributed by atoms with van der Waals surface area (Å²) in [5.41, 5.74) is 0.202. The maximum atomic E-state index is 12.0. The van der Waals surface area contributed by atoms with Gasteiger partial charge in [-0.05, 0) is 12.3 Å². The van der Waals surface area contributed by atoms with Gasteiger partial charge in [0, 0.05) is 11.8 Å². The Labute approximate surface area is 155 Å². The van der Waals surface area contributed by atoms with E-state index < -0.39 is 67.5 Å². The number of esters is 1. The third-order valence-electron chi connectivity index (χ3n) is 5.64. The highest BCUT2D eigenvalue weighted by atomic mass is 16.8. The van der Waals surface area contributed by atoms with Gasteiger partial charge in [0.1, 0.15) is 24.4 Å². The van der Waals surface area contributed by atoms with Gasteiger partial charge < -0.3 is 44.5 Å². The Bertz CT molecular complexity index is 578. The largest absolute Gasteiger partial charge is 0.472 e. The van der Waals surface area contributed by atoms with Gasteiger partial charge in [-0.3, -0.25) is 0 Å². The molecule has 10 heteroatoms. The molecule has 2 fully saturated rings. The van der Waals surface area contributed by atoms with Crippen LogP contribution in [0.25, 0.3) is 0 Å². The van der Waals surface area contributed by atoms with E-state index in [0.717, 1.165) is 0 Å². The van der Waals surface area contributed by atoms with Crippen LogP contribution in [0.4, 0.5) is 0 Å². The van der Waals surface area contributed by atoms with Crippen molar-refractivity contribution in [1.82, 2.24) is 0 Å². The number of hydrogen-bond acceptors (Lipinski definition) is 10. The molecular formula is C17H26O10. The lowest BCUT2D eigenvalue weighted by atomic mass is 9.82. The van der Waals surface area contributed by atoms with Crippen LogP contribution in [0, 0.1) is 17.8 Å². The predicted molar refractivity (Wildman–Crippen MR) is 86.6 cm³/mol. The number of fused-ring (bicyclic) bond motifs is 1. The van der Waals surface area contributed by atoms with Gasteiger partial charge in [-0.15, -0.1) is 0 Å². The summed E-state index contributed by atoms with van der Waals surface area (Å²) in [5.74, 6) is -1.68. The molecule has 3 aliphatic rings. The van der Waals surface area contributed by atoms with E-state index in [1.807, 2.05) is 6.92 Å². The molecule has 0 unspecified atom stereocenters. The van der Waals surface area contributed by atoms with Crippen LogP contribution in [0.15, 0.2) is 11.8 Å². The SMILES string of the molecule is COC(=O)C1=CO[C@@H](O[C@@H]2O[C@H](CO)[C@@H](O)[C@H](O)[C@H]2O)[C@H]2[C@H]1[C@@H](O)C[C@@H]2C. The van der Waals surface area contributed by atoms with Crippen molar-refractivity contribution in [2.45, 2.75) is 56.4 Å². The standard InChI is InChI=1S/C17H26O10/c1-6-3-8(19)11-7(15(23)24-2)5-25-16(10(6)11)27-17-14(22)13(21)12(20)9(4-18)26-17/h5-6,8-14,16-22H,3-4H2,1-2H3/t6-,8-,9+,10+,11+,12+,13-,14+,16-,17-/m0/s1. The van der Waals surface area contributed by atoms with E-state index in [9.17, 15) is 30.3 Å². The monoisotopic (exact) mass is 390 g/mol. The molecule has 0 aromatic heterocycles. The van der Waals surface area contributed by atoms with E-state index in [-0.39, 0.29) is 11.5 Å². The average molecular weight is 390 g/mol. The number of hydrogen-bond donors (Lipinski definition) is 5. The number of carbonyl (C=O) groups is 1. The van der Waals surface area contributed by atoms with Gasteiger partial charge in [-0.25, -0.2) is 4.79 Å². The summed E-state index contributed by atoms with van der Waals surface area (Å²) in [4.78, 5) is 12.0. The Kier molecular flexibility index (Phi) is 6.06. The summed E-state index contributed by atoms with van der Waals surface area (Å²) in [6, 6.07) is 0. The van der Waals surface area contributed by atoms with E-state index >= 15 is 0 Å². The number of rotatable bonds is 4. The molecule has 0 bridgehead atoms. The van der Waals surface area contributed by atoms with Gasteiger partial charge in [0.05, 0.1) is 31.7 Å². The van der Waals surface area contributed by atoms with Crippen molar-refractivity contribution in [3.63, 3.8) is 0 Å². The van der Waals surface area contributed by atoms with Crippen molar-refractivity contribution in [1.29, 1.82) is 0 Å². The first-order valence-electron chi connectivity index (χ1n) is 8.88. The summed E-state index contributed by atoms with van der Waals surface area (Å²) in [6.45, 7) is 1.30. The second-order valence-electron chi connectivity index (χ2n) is 7.29. The molecule has 1 saturated carbocycles. The molecule has 0 aromatic carbocycles. The van der Waals surface area contributed by atoms with Gasteiger partial charge in [-0.2, -0.15) is 0 Å². The first-order chi connectivity index (χ1) is 12.8. The average Bonchev–Trinajstić information content (AvgIpc) is 2.96. The topological polar surface area (TPSA) is 155 Å². The van der Waals surface area contributed by atoms with Crippen LogP contribution in [-0.2, 0) is 23.7 Å². The minimum Gasteiger partial charge on any atom is -0.472 e. The Morgan fingerprint density at radius 1 is 1.19 bits per heavy atom. The Morgan fingerprint density at radius 2 is 1.89 bits per heavy atom. The highest BCUT2D eigenvalue weighted by Gasteiger charge is 2.53. The number of carbonyl (C=O) groups excluding carboxylic acids is 1. The fourth-order valence-electron chi connectivity index (χ4n) is 4.19. The third-order valence-corrected chi connectivity index (χ3v) is 5.64. The quantitative estimate of drug-likeness (QED) is 0.336. The number of aliphatic hydroxyl groups excluding tert-OH is 5. The Morgan fingerprint density at radius 3 is 2.52 bits per heavy atom. The summed E-state index contributed by atoms with van der Waals surface area (Å²) in [5, 5.41) is 49.6. The van der Waals surface area contributed by atoms with Crippen molar-refractivity contribution in [2.75, 3.05) is 13.7 Å². The van der Waals surface area contributed by atoms with Gasteiger partial charge in [-0.1, -0.05) is 6.92 Å². The molecule has 2 heterocycles. The zero-order chi connectivity index (χ0) is 19.9. The second kappa shape index (κ2) is 8.00. The lowest BCUT2D eigenvalue weighted by Gasteiger charge is -2.43. The highest BCUT2D eigenvalue weighted by molar-refractivity contribution is 5.89. The predicted octanol–water partition coefficient (Wildman–Crippen LogP) is -2.15. The normalized spacial score (nSPS) is 47.0. The molecule has 10 atom stereocenters. The molecular weight excluding hydrogens is 364 g/mol. The molecule has 0 radical (unpaired) electrons. The fraction of sp³-hybridized carbons (Fsp3) is 0.824. The van der Waals surface area contributed by atoms with Crippen molar-refractivity contribution in [2.24, 2.45) is 17.8 Å². The van der Waals surface area contributed by atoms with Crippen LogP contribution in [0.1, 0.15) is 13.3 Å². The zero-order valence-corrected chi connectivity index (χ0v) is 15.0. The molecule has 0 aromatic rings. The maximum Gasteiger partial charge on any atom is 0.337 e. The molecule has 154 valence electrons. The lowest BCUT2D eigenvalue weighted by Crippen LogP contribution is -2.60. The smallest absolute Gasteiger partial charge is 0.337 e. The third kappa shape index (κ3) is 3.58. The fourth-order valence-corrected chi connectivity index (χ4v) is 4.19. The first kappa shape index (κ1) is 20.5. The number of aliphatic hydroxyl groups is 5. The van der Waals surface area contributed by atoms with Gasteiger partial charge in [0.2, 0.25) is 6.29 Å². The van der Waals surface area contributed by atoms with Crippen molar-refractivity contribution >= 4 is 5.97 Å². The van der Waals surface area contributed by atoms with E-state index in [1.54, 1.807) is 0 Å². The molecule has 27 heavy (non-hydrogen) atoms. The van der Waals surface area contributed by atoms with E-state index in [4.69, 9.17) is 18.9 Å². The molecule has 3 rings (SSSR count). The molecule has 0 spiro atoms. The van der Waals surface area contributed by atoms with Crippen LogP contribution < -0.4 is 0 Å². The molecule has 0 amide bonds. The van der Waals surface area contributed by atoms with Crippen LogP contribution in [0.5, 0.6) is 0 Å². The maximum absolute atomic E-state index is 12.0. The summed E-state index contributed by atoms with van der Waals surface area (Å²) in [7, 11) is 1.24.